The molecule has 0 aromatic carbocycles. The molecule has 1 heterocycles. The van der Waals surface area contributed by atoms with Crippen LogP contribution in [0, 0.1) is 17.8 Å². The molecule has 1 saturated heterocycles. The molecule has 0 bridgehead atoms. The molecular formula is C14H26N2O4S. The zero-order valence-corrected chi connectivity index (χ0v) is 13.6. The summed E-state index contributed by atoms with van der Waals surface area (Å²) in [4.78, 5) is 14.4. The van der Waals surface area contributed by atoms with Gasteiger partial charge in [0.1, 0.15) is 0 Å². The summed E-state index contributed by atoms with van der Waals surface area (Å²) in [6.45, 7) is 3.15. The van der Waals surface area contributed by atoms with Gasteiger partial charge in [0.2, 0.25) is 15.9 Å². The minimum absolute atomic E-state index is 0.0334. The fraction of sp³-hybridized carbons (Fsp3) is 0.929. The molecular weight excluding hydrogens is 292 g/mol. The fourth-order valence-corrected chi connectivity index (χ4v) is 4.56. The number of carbonyl (C=O) groups excluding carboxylic acids is 1. The number of hydrogen-bond donors (Lipinski definition) is 1. The molecule has 0 spiro atoms. The summed E-state index contributed by atoms with van der Waals surface area (Å²) in [5, 5.41) is 5.13. The smallest absolute Gasteiger partial charge is 0.225 e. The third kappa shape index (κ3) is 4.40. The number of nitrogens with zero attached hydrogens (tertiary/aromatic N) is 1. The van der Waals surface area contributed by atoms with Gasteiger partial charge in [-0.2, -0.15) is 0 Å². The van der Waals surface area contributed by atoms with Gasteiger partial charge in [-0.3, -0.25) is 4.79 Å². The Morgan fingerprint density at radius 1 is 1.24 bits per heavy atom. The Hall–Kier alpha value is -0.660. The molecule has 6 nitrogen and oxygen atoms in total. The van der Waals surface area contributed by atoms with E-state index >= 15 is 0 Å². The Bertz CT molecular complexity index is 471. The molecule has 1 aliphatic heterocycles. The first-order chi connectivity index (χ1) is 9.80. The fourth-order valence-electron chi connectivity index (χ4n) is 3.53. The van der Waals surface area contributed by atoms with Gasteiger partial charge in [0.05, 0.1) is 11.9 Å². The molecule has 2 aliphatic rings. The molecule has 0 aromatic heterocycles. The van der Waals surface area contributed by atoms with E-state index in [1.807, 2.05) is 11.8 Å². The van der Waals surface area contributed by atoms with Gasteiger partial charge in [0.25, 0.3) is 0 Å². The second kappa shape index (κ2) is 6.62. The van der Waals surface area contributed by atoms with E-state index in [-0.39, 0.29) is 35.5 Å². The van der Waals surface area contributed by atoms with Crippen molar-refractivity contribution in [1.29, 1.82) is 0 Å². The normalized spacial score (nSPS) is 34.1. The van der Waals surface area contributed by atoms with Crippen molar-refractivity contribution in [2.45, 2.75) is 38.7 Å². The highest BCUT2D eigenvalue weighted by Crippen LogP contribution is 2.31. The van der Waals surface area contributed by atoms with Crippen LogP contribution < -0.4 is 5.14 Å². The van der Waals surface area contributed by atoms with Gasteiger partial charge in [0, 0.05) is 26.1 Å². The Morgan fingerprint density at radius 3 is 2.38 bits per heavy atom. The van der Waals surface area contributed by atoms with Gasteiger partial charge in [-0.1, -0.05) is 6.92 Å². The molecule has 21 heavy (non-hydrogen) atoms. The van der Waals surface area contributed by atoms with Crippen molar-refractivity contribution >= 4 is 15.9 Å². The molecule has 7 heteroatoms. The highest BCUT2D eigenvalue weighted by Gasteiger charge is 2.37. The molecule has 1 aliphatic carbocycles. The molecule has 2 fully saturated rings. The first-order valence-electron chi connectivity index (χ1n) is 7.62. The minimum Gasteiger partial charge on any atom is -0.381 e. The van der Waals surface area contributed by atoms with Crippen molar-refractivity contribution < 1.29 is 17.9 Å². The number of nitrogens with two attached hydrogens (primary N) is 1. The number of methoxy groups -OCH3 is 1. The van der Waals surface area contributed by atoms with Crippen molar-refractivity contribution in [2.75, 3.05) is 26.0 Å². The summed E-state index contributed by atoms with van der Waals surface area (Å²) in [5.74, 6) is 0.348. The van der Waals surface area contributed by atoms with E-state index in [1.54, 1.807) is 7.11 Å². The van der Waals surface area contributed by atoms with Gasteiger partial charge in [-0.25, -0.2) is 13.6 Å². The zero-order valence-electron chi connectivity index (χ0n) is 12.8. The highest BCUT2D eigenvalue weighted by atomic mass is 32.2. The van der Waals surface area contributed by atoms with Gasteiger partial charge < -0.3 is 9.64 Å². The van der Waals surface area contributed by atoms with Crippen LogP contribution in [0.5, 0.6) is 0 Å². The monoisotopic (exact) mass is 318 g/mol. The van der Waals surface area contributed by atoms with Crippen LogP contribution in [0.1, 0.15) is 32.6 Å². The van der Waals surface area contributed by atoms with Gasteiger partial charge in [-0.05, 0) is 37.5 Å². The minimum atomic E-state index is -3.48. The maximum absolute atomic E-state index is 12.6. The molecule has 2 rings (SSSR count). The van der Waals surface area contributed by atoms with Crippen LogP contribution in [0.15, 0.2) is 0 Å². The number of ether oxygens (including phenoxy) is 1. The number of hydrogen-bond acceptors (Lipinski definition) is 4. The summed E-state index contributed by atoms with van der Waals surface area (Å²) < 4.78 is 27.8. The number of rotatable bonds is 4. The summed E-state index contributed by atoms with van der Waals surface area (Å²) in [5.41, 5.74) is 0. The number of sulfonamides is 1. The van der Waals surface area contributed by atoms with Gasteiger partial charge >= 0.3 is 0 Å². The molecule has 2 atom stereocenters. The standard InChI is InChI=1S/C14H26N2O4S/c1-10-7-16(8-12(10)9-21(15,18)19)14(17)11-3-5-13(20-2)6-4-11/h10-13H,3-9H2,1-2H3,(H2,15,18,19)/t10-,11?,12+,13?/m1/s1. The number of primary sulfonamides is 1. The van der Waals surface area contributed by atoms with Crippen LogP contribution in [0.25, 0.3) is 0 Å². The maximum atomic E-state index is 12.6. The van der Waals surface area contributed by atoms with E-state index in [0.717, 1.165) is 25.7 Å². The largest absolute Gasteiger partial charge is 0.381 e. The summed E-state index contributed by atoms with van der Waals surface area (Å²) in [6, 6.07) is 0. The number of amides is 1. The average molecular weight is 318 g/mol. The number of likely N-dealkylation sites (tertiary alicyclic amines) is 1. The lowest BCUT2D eigenvalue weighted by Gasteiger charge is -2.29. The van der Waals surface area contributed by atoms with Crippen molar-refractivity contribution in [1.82, 2.24) is 4.90 Å². The Labute approximate surface area is 127 Å². The van der Waals surface area contributed by atoms with Crippen molar-refractivity contribution in [3.05, 3.63) is 0 Å². The number of carbonyl (C=O) groups is 1. The molecule has 122 valence electrons. The Kier molecular flexibility index (Phi) is 5.27. The first-order valence-corrected chi connectivity index (χ1v) is 9.33. The predicted molar refractivity (Wildman–Crippen MR) is 80.0 cm³/mol. The predicted octanol–water partition coefficient (Wildman–Crippen LogP) is 0.575. The van der Waals surface area contributed by atoms with Crippen LogP contribution in [-0.2, 0) is 19.6 Å². The molecule has 0 unspecified atom stereocenters. The molecule has 1 amide bonds. The Morgan fingerprint density at radius 2 is 1.86 bits per heavy atom. The van der Waals surface area contributed by atoms with Crippen molar-refractivity contribution in [3.63, 3.8) is 0 Å². The van der Waals surface area contributed by atoms with Crippen LogP contribution in [0.3, 0.4) is 0 Å². The Balaban J connectivity index is 1.90. The summed E-state index contributed by atoms with van der Waals surface area (Å²) in [7, 11) is -1.76. The van der Waals surface area contributed by atoms with E-state index in [9.17, 15) is 13.2 Å². The lowest BCUT2D eigenvalue weighted by Crippen LogP contribution is -2.37. The third-order valence-electron chi connectivity index (χ3n) is 4.88. The maximum Gasteiger partial charge on any atom is 0.225 e. The van der Waals surface area contributed by atoms with E-state index in [2.05, 4.69) is 0 Å². The van der Waals surface area contributed by atoms with E-state index in [0.29, 0.717) is 13.1 Å². The highest BCUT2D eigenvalue weighted by molar-refractivity contribution is 7.89. The van der Waals surface area contributed by atoms with Crippen LogP contribution in [0.2, 0.25) is 0 Å². The molecule has 2 N–H and O–H groups in total. The van der Waals surface area contributed by atoms with Gasteiger partial charge in [-0.15, -0.1) is 0 Å². The van der Waals surface area contributed by atoms with Crippen LogP contribution in [-0.4, -0.2) is 51.3 Å². The third-order valence-corrected chi connectivity index (χ3v) is 5.78. The van der Waals surface area contributed by atoms with E-state index < -0.39 is 10.0 Å². The topological polar surface area (TPSA) is 89.7 Å². The molecule has 0 radical (unpaired) electrons. The molecule has 1 saturated carbocycles. The summed E-state index contributed by atoms with van der Waals surface area (Å²) in [6.07, 6.45) is 3.86. The zero-order chi connectivity index (χ0) is 15.6. The van der Waals surface area contributed by atoms with Crippen molar-refractivity contribution in [3.8, 4) is 0 Å². The first kappa shape index (κ1) is 16.7. The van der Waals surface area contributed by atoms with E-state index in [4.69, 9.17) is 9.88 Å². The lowest BCUT2D eigenvalue weighted by molar-refractivity contribution is -0.136. The second-order valence-electron chi connectivity index (χ2n) is 6.52. The molecule has 0 aromatic rings. The lowest BCUT2D eigenvalue weighted by atomic mass is 9.86. The van der Waals surface area contributed by atoms with Crippen LogP contribution >= 0.6 is 0 Å². The quantitative estimate of drug-likeness (QED) is 0.821. The summed E-state index contributed by atoms with van der Waals surface area (Å²) >= 11 is 0. The van der Waals surface area contributed by atoms with Gasteiger partial charge in [0.15, 0.2) is 0 Å². The SMILES string of the molecule is COC1CCC(C(=O)N2C[C@@H](CS(N)(=O)=O)[C@H](C)C2)CC1. The average Bonchev–Trinajstić information content (AvgIpc) is 2.77. The van der Waals surface area contributed by atoms with Crippen molar-refractivity contribution in [2.24, 2.45) is 22.9 Å². The van der Waals surface area contributed by atoms with E-state index in [1.165, 1.54) is 0 Å². The van der Waals surface area contributed by atoms with Crippen LogP contribution in [0.4, 0.5) is 0 Å². The second-order valence-corrected chi connectivity index (χ2v) is 8.18.